The smallest absolute Gasteiger partial charge is 0.307 e. The number of amides is 1. The van der Waals surface area contributed by atoms with Gasteiger partial charge in [-0.2, -0.15) is 0 Å². The minimum Gasteiger partial charge on any atom is -0.463 e. The fraction of sp³-hybridized carbons (Fsp3) is 0.818. The maximum Gasteiger partial charge on any atom is 0.307 e. The van der Waals surface area contributed by atoms with Gasteiger partial charge in [-0.25, -0.2) is 8.78 Å². The molecule has 1 atom stereocenters. The molecule has 0 aromatic carbocycles. The Morgan fingerprint density at radius 3 is 2.67 bits per heavy atom. The predicted octanol–water partition coefficient (Wildman–Crippen LogP) is 0.441. The van der Waals surface area contributed by atoms with Crippen LogP contribution in [0.2, 0.25) is 0 Å². The number of ether oxygens (including phenoxy) is 1. The van der Waals surface area contributed by atoms with E-state index in [1.807, 2.05) is 0 Å². The van der Waals surface area contributed by atoms with Gasteiger partial charge in [0.05, 0.1) is 25.1 Å². The summed E-state index contributed by atoms with van der Waals surface area (Å²) >= 11 is 0. The highest BCUT2D eigenvalue weighted by molar-refractivity contribution is 5.82. The zero-order valence-electron chi connectivity index (χ0n) is 10.5. The van der Waals surface area contributed by atoms with Gasteiger partial charge in [0.1, 0.15) is 0 Å². The van der Waals surface area contributed by atoms with E-state index in [9.17, 15) is 18.4 Å². The standard InChI is InChI=1S/C11H18F2N2O3/c1-7(2)18-9(16)3-4-14-10(17)8-5-11(12,13)6-15-8/h7-8,15H,3-6H2,1-2H3,(H,14,17). The van der Waals surface area contributed by atoms with E-state index in [1.165, 1.54) is 0 Å². The van der Waals surface area contributed by atoms with E-state index in [2.05, 4.69) is 10.6 Å². The molecule has 1 fully saturated rings. The van der Waals surface area contributed by atoms with Gasteiger partial charge in [0.25, 0.3) is 5.92 Å². The Hall–Kier alpha value is -1.24. The Morgan fingerprint density at radius 2 is 2.17 bits per heavy atom. The highest BCUT2D eigenvalue weighted by Gasteiger charge is 2.42. The third-order valence-corrected chi connectivity index (χ3v) is 2.42. The summed E-state index contributed by atoms with van der Waals surface area (Å²) in [5.41, 5.74) is 0. The van der Waals surface area contributed by atoms with Gasteiger partial charge in [-0.05, 0) is 13.8 Å². The molecule has 0 radical (unpaired) electrons. The highest BCUT2D eigenvalue weighted by Crippen LogP contribution is 2.24. The van der Waals surface area contributed by atoms with Crippen molar-refractivity contribution in [1.29, 1.82) is 0 Å². The summed E-state index contributed by atoms with van der Waals surface area (Å²) in [4.78, 5) is 22.6. The van der Waals surface area contributed by atoms with Gasteiger partial charge in [0, 0.05) is 13.0 Å². The van der Waals surface area contributed by atoms with Gasteiger partial charge in [-0.15, -0.1) is 0 Å². The number of carbonyl (C=O) groups excluding carboxylic acids is 2. The topological polar surface area (TPSA) is 67.4 Å². The normalized spacial score (nSPS) is 21.9. The SMILES string of the molecule is CC(C)OC(=O)CCNC(=O)C1CC(F)(F)CN1. The van der Waals surface area contributed by atoms with Crippen molar-refractivity contribution in [3.05, 3.63) is 0 Å². The molecule has 1 unspecified atom stereocenters. The molecule has 0 aromatic heterocycles. The molecule has 0 saturated carbocycles. The molecule has 1 aliphatic rings. The van der Waals surface area contributed by atoms with E-state index >= 15 is 0 Å². The summed E-state index contributed by atoms with van der Waals surface area (Å²) in [7, 11) is 0. The van der Waals surface area contributed by atoms with Crippen LogP contribution in [0, 0.1) is 0 Å². The average molecular weight is 264 g/mol. The molecule has 1 saturated heterocycles. The van der Waals surface area contributed by atoms with Crippen LogP contribution in [0.15, 0.2) is 0 Å². The number of esters is 1. The zero-order chi connectivity index (χ0) is 13.8. The molecule has 104 valence electrons. The van der Waals surface area contributed by atoms with Gasteiger partial charge in [0.2, 0.25) is 5.91 Å². The van der Waals surface area contributed by atoms with E-state index in [1.54, 1.807) is 13.8 Å². The summed E-state index contributed by atoms with van der Waals surface area (Å²) in [6.07, 6.45) is -0.675. The minimum absolute atomic E-state index is 0.0348. The van der Waals surface area contributed by atoms with Crippen molar-refractivity contribution >= 4 is 11.9 Å². The molecular weight excluding hydrogens is 246 g/mol. The monoisotopic (exact) mass is 264 g/mol. The van der Waals surface area contributed by atoms with Crippen LogP contribution < -0.4 is 10.6 Å². The summed E-state index contributed by atoms with van der Waals surface area (Å²) in [6.45, 7) is 3.05. The fourth-order valence-corrected chi connectivity index (χ4v) is 1.63. The lowest BCUT2D eigenvalue weighted by Gasteiger charge is -2.11. The van der Waals surface area contributed by atoms with Crippen LogP contribution in [-0.4, -0.2) is 43.0 Å². The molecule has 0 bridgehead atoms. The molecule has 0 spiro atoms. The first-order valence-corrected chi connectivity index (χ1v) is 5.88. The first-order valence-electron chi connectivity index (χ1n) is 5.88. The Morgan fingerprint density at radius 1 is 1.50 bits per heavy atom. The molecule has 1 heterocycles. The minimum atomic E-state index is -2.83. The van der Waals surface area contributed by atoms with Crippen molar-refractivity contribution in [2.45, 2.75) is 44.8 Å². The van der Waals surface area contributed by atoms with E-state index < -0.39 is 36.8 Å². The molecule has 18 heavy (non-hydrogen) atoms. The molecule has 1 aliphatic heterocycles. The van der Waals surface area contributed by atoms with Crippen molar-refractivity contribution in [1.82, 2.24) is 10.6 Å². The van der Waals surface area contributed by atoms with Gasteiger partial charge in [-0.1, -0.05) is 0 Å². The van der Waals surface area contributed by atoms with E-state index in [4.69, 9.17) is 4.74 Å². The van der Waals surface area contributed by atoms with Gasteiger partial charge < -0.3 is 10.1 Å². The summed E-state index contributed by atoms with van der Waals surface area (Å²) in [5.74, 6) is -3.77. The maximum atomic E-state index is 12.8. The fourth-order valence-electron chi connectivity index (χ4n) is 1.63. The molecule has 7 heteroatoms. The molecular formula is C11H18F2N2O3. The molecule has 0 aliphatic carbocycles. The second-order valence-corrected chi connectivity index (χ2v) is 4.57. The Balaban J connectivity index is 2.20. The Kier molecular flexibility index (Phi) is 5.01. The van der Waals surface area contributed by atoms with Crippen LogP contribution in [-0.2, 0) is 14.3 Å². The van der Waals surface area contributed by atoms with Crippen molar-refractivity contribution in [2.24, 2.45) is 0 Å². The zero-order valence-corrected chi connectivity index (χ0v) is 10.5. The number of halogens is 2. The number of hydrogen-bond acceptors (Lipinski definition) is 4. The van der Waals surface area contributed by atoms with Crippen molar-refractivity contribution in [3.63, 3.8) is 0 Å². The first-order chi connectivity index (χ1) is 8.30. The van der Waals surface area contributed by atoms with E-state index in [0.29, 0.717) is 0 Å². The maximum absolute atomic E-state index is 12.8. The van der Waals surface area contributed by atoms with Crippen LogP contribution in [0.1, 0.15) is 26.7 Å². The van der Waals surface area contributed by atoms with Crippen LogP contribution in [0.5, 0.6) is 0 Å². The van der Waals surface area contributed by atoms with E-state index in [0.717, 1.165) is 0 Å². The summed E-state index contributed by atoms with van der Waals surface area (Å²) < 4.78 is 30.5. The summed E-state index contributed by atoms with van der Waals surface area (Å²) in [5, 5.41) is 4.87. The number of rotatable bonds is 5. The lowest BCUT2D eigenvalue weighted by atomic mass is 10.2. The second kappa shape index (κ2) is 6.08. The van der Waals surface area contributed by atoms with Crippen LogP contribution in [0.4, 0.5) is 8.78 Å². The molecule has 5 nitrogen and oxygen atoms in total. The largest absolute Gasteiger partial charge is 0.463 e. The van der Waals surface area contributed by atoms with Gasteiger partial charge in [-0.3, -0.25) is 14.9 Å². The van der Waals surface area contributed by atoms with Crippen LogP contribution >= 0.6 is 0 Å². The second-order valence-electron chi connectivity index (χ2n) is 4.57. The Labute approximate surface area is 104 Å². The van der Waals surface area contributed by atoms with E-state index in [-0.39, 0.29) is 19.1 Å². The average Bonchev–Trinajstić information content (AvgIpc) is 2.57. The van der Waals surface area contributed by atoms with Gasteiger partial charge >= 0.3 is 5.97 Å². The van der Waals surface area contributed by atoms with Crippen molar-refractivity contribution < 1.29 is 23.1 Å². The molecule has 2 N–H and O–H groups in total. The highest BCUT2D eigenvalue weighted by atomic mass is 19.3. The first kappa shape index (κ1) is 14.8. The van der Waals surface area contributed by atoms with Crippen LogP contribution in [0.3, 0.4) is 0 Å². The lowest BCUT2D eigenvalue weighted by Crippen LogP contribution is -2.41. The number of hydrogen-bond donors (Lipinski definition) is 2. The van der Waals surface area contributed by atoms with Gasteiger partial charge in [0.15, 0.2) is 0 Å². The molecule has 1 amide bonds. The predicted molar refractivity (Wildman–Crippen MR) is 60.2 cm³/mol. The third kappa shape index (κ3) is 4.95. The Bertz CT molecular complexity index is 321. The lowest BCUT2D eigenvalue weighted by molar-refractivity contribution is -0.147. The number of carbonyl (C=O) groups is 2. The van der Waals surface area contributed by atoms with Crippen LogP contribution in [0.25, 0.3) is 0 Å². The van der Waals surface area contributed by atoms with Crippen molar-refractivity contribution in [2.75, 3.05) is 13.1 Å². The summed E-state index contributed by atoms with van der Waals surface area (Å²) in [6, 6.07) is -0.888. The number of nitrogens with one attached hydrogen (secondary N) is 2. The third-order valence-electron chi connectivity index (χ3n) is 2.42. The quantitative estimate of drug-likeness (QED) is 0.707. The van der Waals surface area contributed by atoms with Crippen molar-refractivity contribution in [3.8, 4) is 0 Å². The number of alkyl halides is 2. The molecule has 0 aromatic rings. The molecule has 1 rings (SSSR count).